The van der Waals surface area contributed by atoms with Gasteiger partial charge in [-0.3, -0.25) is 14.6 Å². The minimum atomic E-state index is -0.767. The Bertz CT molecular complexity index is 488. The number of hydrogen-bond donors (Lipinski definition) is 1. The highest BCUT2D eigenvalue weighted by Crippen LogP contribution is 2.26. The lowest BCUT2D eigenvalue weighted by molar-refractivity contribution is -0.143. The van der Waals surface area contributed by atoms with Gasteiger partial charge in [-0.2, -0.15) is 0 Å². The van der Waals surface area contributed by atoms with E-state index in [0.717, 1.165) is 38.3 Å². The fourth-order valence-electron chi connectivity index (χ4n) is 2.38. The van der Waals surface area contributed by atoms with Crippen molar-refractivity contribution in [2.24, 2.45) is 0 Å². The quantitative estimate of drug-likeness (QED) is 0.927. The third kappa shape index (κ3) is 3.64. The van der Waals surface area contributed by atoms with Crippen LogP contribution in [0.2, 0.25) is 10.0 Å². The number of benzene rings is 1. The average Bonchev–Trinajstić information content (AvgIpc) is 2.44. The van der Waals surface area contributed by atoms with Crippen LogP contribution in [0.3, 0.4) is 0 Å². The monoisotopic (exact) mass is 316 g/mol. The molecule has 0 radical (unpaired) electrons. The highest BCUT2D eigenvalue weighted by Gasteiger charge is 2.25. The molecule has 0 bridgehead atoms. The first-order valence-electron chi connectivity index (χ1n) is 6.61. The zero-order valence-corrected chi connectivity index (χ0v) is 12.9. The molecule has 4 nitrogen and oxygen atoms in total. The lowest BCUT2D eigenvalue weighted by atomic mass is 10.1. The summed E-state index contributed by atoms with van der Waals surface area (Å²) in [5.74, 6) is -0.767. The molecule has 0 unspecified atom stereocenters. The van der Waals surface area contributed by atoms with Gasteiger partial charge in [0.1, 0.15) is 6.04 Å². The Balaban J connectivity index is 1.92. The van der Waals surface area contributed by atoms with E-state index in [1.54, 1.807) is 13.0 Å². The SMILES string of the molecule is C[C@@H](C(=O)O)N1CCN(Cc2cccc(Cl)c2Cl)CC1. The molecule has 2 rings (SSSR count). The minimum absolute atomic E-state index is 0.424. The number of carboxylic acid groups (broad SMARTS) is 1. The topological polar surface area (TPSA) is 43.8 Å². The van der Waals surface area contributed by atoms with E-state index in [1.165, 1.54) is 0 Å². The van der Waals surface area contributed by atoms with Crippen LogP contribution in [0.15, 0.2) is 18.2 Å². The van der Waals surface area contributed by atoms with Gasteiger partial charge in [0.2, 0.25) is 0 Å². The van der Waals surface area contributed by atoms with Crippen LogP contribution in [-0.2, 0) is 11.3 Å². The largest absolute Gasteiger partial charge is 0.480 e. The second kappa shape index (κ2) is 6.76. The van der Waals surface area contributed by atoms with Gasteiger partial charge in [-0.1, -0.05) is 35.3 Å². The summed E-state index contributed by atoms with van der Waals surface area (Å²) >= 11 is 12.2. The predicted octanol–water partition coefficient (Wildman–Crippen LogP) is 2.58. The van der Waals surface area contributed by atoms with E-state index in [0.29, 0.717) is 10.0 Å². The summed E-state index contributed by atoms with van der Waals surface area (Å²) in [6.45, 7) is 5.65. The summed E-state index contributed by atoms with van der Waals surface area (Å²) in [5.41, 5.74) is 1.01. The fourth-order valence-corrected chi connectivity index (χ4v) is 2.76. The van der Waals surface area contributed by atoms with Crippen molar-refractivity contribution in [2.45, 2.75) is 19.5 Å². The molecular weight excluding hydrogens is 299 g/mol. The molecule has 1 saturated heterocycles. The number of nitrogens with zero attached hydrogens (tertiary/aromatic N) is 2. The molecule has 0 amide bonds. The summed E-state index contributed by atoms with van der Waals surface area (Å²) in [7, 11) is 0. The van der Waals surface area contributed by atoms with Crippen LogP contribution >= 0.6 is 23.2 Å². The lowest BCUT2D eigenvalue weighted by Gasteiger charge is -2.36. The van der Waals surface area contributed by atoms with E-state index in [-0.39, 0.29) is 0 Å². The number of aliphatic carboxylic acids is 1. The lowest BCUT2D eigenvalue weighted by Crippen LogP contribution is -2.51. The van der Waals surface area contributed by atoms with Crippen molar-refractivity contribution in [1.82, 2.24) is 9.80 Å². The molecule has 0 saturated carbocycles. The summed E-state index contributed by atoms with van der Waals surface area (Å²) in [5, 5.41) is 10.2. The Morgan fingerprint density at radius 2 is 1.95 bits per heavy atom. The van der Waals surface area contributed by atoms with Crippen LogP contribution in [-0.4, -0.2) is 53.1 Å². The fraction of sp³-hybridized carbons (Fsp3) is 0.500. The molecule has 1 atom stereocenters. The maximum Gasteiger partial charge on any atom is 0.320 e. The number of carbonyl (C=O) groups is 1. The van der Waals surface area contributed by atoms with Crippen LogP contribution in [0.25, 0.3) is 0 Å². The van der Waals surface area contributed by atoms with Crippen molar-refractivity contribution < 1.29 is 9.90 Å². The third-order valence-electron chi connectivity index (χ3n) is 3.74. The molecule has 0 aliphatic carbocycles. The van der Waals surface area contributed by atoms with Gasteiger partial charge >= 0.3 is 5.97 Å². The Kier molecular flexibility index (Phi) is 5.27. The molecule has 1 N–H and O–H groups in total. The van der Waals surface area contributed by atoms with Crippen LogP contribution in [0.1, 0.15) is 12.5 Å². The first-order chi connectivity index (χ1) is 9.49. The minimum Gasteiger partial charge on any atom is -0.480 e. The highest BCUT2D eigenvalue weighted by atomic mass is 35.5. The molecule has 20 heavy (non-hydrogen) atoms. The van der Waals surface area contributed by atoms with Gasteiger partial charge in [-0.15, -0.1) is 0 Å². The van der Waals surface area contributed by atoms with E-state index < -0.39 is 12.0 Å². The van der Waals surface area contributed by atoms with Crippen molar-refractivity contribution >= 4 is 29.2 Å². The summed E-state index contributed by atoms with van der Waals surface area (Å²) in [6.07, 6.45) is 0. The van der Waals surface area contributed by atoms with Crippen molar-refractivity contribution in [3.05, 3.63) is 33.8 Å². The summed E-state index contributed by atoms with van der Waals surface area (Å²) < 4.78 is 0. The van der Waals surface area contributed by atoms with E-state index in [1.807, 2.05) is 17.0 Å². The van der Waals surface area contributed by atoms with Gasteiger partial charge in [0, 0.05) is 32.7 Å². The standard InChI is InChI=1S/C14H18Cl2N2O2/c1-10(14(19)20)18-7-5-17(6-8-18)9-11-3-2-4-12(15)13(11)16/h2-4,10H,5-9H2,1H3,(H,19,20)/t10-/m0/s1. The number of rotatable bonds is 4. The second-order valence-corrected chi connectivity index (χ2v) is 5.82. The molecular formula is C14H18Cl2N2O2. The number of hydrogen-bond acceptors (Lipinski definition) is 3. The molecule has 1 fully saturated rings. The van der Waals surface area contributed by atoms with Crippen LogP contribution in [0.5, 0.6) is 0 Å². The number of halogens is 2. The molecule has 0 spiro atoms. The van der Waals surface area contributed by atoms with E-state index in [2.05, 4.69) is 4.90 Å². The molecule has 110 valence electrons. The summed E-state index contributed by atoms with van der Waals surface area (Å²) in [4.78, 5) is 15.2. The maximum atomic E-state index is 11.0. The van der Waals surface area contributed by atoms with Gasteiger partial charge in [0.25, 0.3) is 0 Å². The Labute approximate surface area is 128 Å². The molecule has 1 aliphatic rings. The van der Waals surface area contributed by atoms with Gasteiger partial charge in [0.15, 0.2) is 0 Å². The van der Waals surface area contributed by atoms with Gasteiger partial charge in [-0.25, -0.2) is 0 Å². The second-order valence-electron chi connectivity index (χ2n) is 5.04. The molecule has 1 aromatic carbocycles. The van der Waals surface area contributed by atoms with E-state index in [9.17, 15) is 4.79 Å². The van der Waals surface area contributed by atoms with Crippen LogP contribution < -0.4 is 0 Å². The number of piperazine rings is 1. The Morgan fingerprint density at radius 1 is 1.30 bits per heavy atom. The Morgan fingerprint density at radius 3 is 2.55 bits per heavy atom. The van der Waals surface area contributed by atoms with Gasteiger partial charge in [-0.05, 0) is 18.6 Å². The molecule has 1 heterocycles. The van der Waals surface area contributed by atoms with Crippen LogP contribution in [0, 0.1) is 0 Å². The first-order valence-corrected chi connectivity index (χ1v) is 7.36. The average molecular weight is 317 g/mol. The third-order valence-corrected chi connectivity index (χ3v) is 4.60. The van der Waals surface area contributed by atoms with Crippen molar-refractivity contribution in [3.8, 4) is 0 Å². The number of carboxylic acids is 1. The first kappa shape index (κ1) is 15.6. The molecule has 6 heteroatoms. The molecule has 0 aromatic heterocycles. The van der Waals surface area contributed by atoms with Gasteiger partial charge < -0.3 is 5.11 Å². The van der Waals surface area contributed by atoms with Crippen LogP contribution in [0.4, 0.5) is 0 Å². The highest BCUT2D eigenvalue weighted by molar-refractivity contribution is 6.42. The summed E-state index contributed by atoms with van der Waals surface area (Å²) in [6, 6.07) is 5.22. The maximum absolute atomic E-state index is 11.0. The zero-order valence-electron chi connectivity index (χ0n) is 11.4. The van der Waals surface area contributed by atoms with Crippen molar-refractivity contribution in [3.63, 3.8) is 0 Å². The smallest absolute Gasteiger partial charge is 0.320 e. The molecule has 1 aliphatic heterocycles. The van der Waals surface area contributed by atoms with E-state index >= 15 is 0 Å². The van der Waals surface area contributed by atoms with Gasteiger partial charge in [0.05, 0.1) is 10.0 Å². The normalized spacial score (nSPS) is 18.9. The Hall–Kier alpha value is -0.810. The van der Waals surface area contributed by atoms with Crippen molar-refractivity contribution in [2.75, 3.05) is 26.2 Å². The van der Waals surface area contributed by atoms with E-state index in [4.69, 9.17) is 28.3 Å². The predicted molar refractivity (Wildman–Crippen MR) is 80.4 cm³/mol. The van der Waals surface area contributed by atoms with Crippen molar-refractivity contribution in [1.29, 1.82) is 0 Å². The molecule has 1 aromatic rings. The zero-order chi connectivity index (χ0) is 14.7.